The Balaban J connectivity index is 2.45. The van der Waals surface area contributed by atoms with E-state index < -0.39 is 0 Å². The van der Waals surface area contributed by atoms with E-state index in [-0.39, 0.29) is 5.60 Å². The number of hydrogen-bond acceptors (Lipinski definition) is 3. The topological polar surface area (TPSA) is 38.5 Å². The van der Waals surface area contributed by atoms with E-state index >= 15 is 0 Å². The molecule has 1 aromatic carbocycles. The van der Waals surface area contributed by atoms with Gasteiger partial charge in [0, 0.05) is 12.7 Å². The highest BCUT2D eigenvalue weighted by molar-refractivity contribution is 5.66. The summed E-state index contributed by atoms with van der Waals surface area (Å²) >= 11 is 0. The number of nitrogens with zero attached hydrogens (tertiary/aromatic N) is 1. The van der Waals surface area contributed by atoms with Gasteiger partial charge < -0.3 is 15.4 Å². The third-order valence-corrected chi connectivity index (χ3v) is 2.40. The van der Waals surface area contributed by atoms with E-state index in [1.165, 1.54) is 0 Å². The molecule has 3 heteroatoms. The maximum absolute atomic E-state index is 5.85. The maximum atomic E-state index is 5.85. The monoisotopic (exact) mass is 192 g/mol. The predicted molar refractivity (Wildman–Crippen MR) is 58.8 cm³/mol. The summed E-state index contributed by atoms with van der Waals surface area (Å²) in [5.74, 6) is 0.915. The van der Waals surface area contributed by atoms with Crippen LogP contribution < -0.4 is 15.4 Å². The molecule has 1 aliphatic heterocycles. The first-order valence-corrected chi connectivity index (χ1v) is 4.78. The maximum Gasteiger partial charge on any atom is 0.143 e. The zero-order chi connectivity index (χ0) is 10.3. The summed E-state index contributed by atoms with van der Waals surface area (Å²) in [4.78, 5) is 2.18. The lowest BCUT2D eigenvalue weighted by Crippen LogP contribution is -2.45. The molecule has 0 amide bonds. The van der Waals surface area contributed by atoms with E-state index in [1.54, 1.807) is 0 Å². The largest absolute Gasteiger partial charge is 0.484 e. The fourth-order valence-electron chi connectivity index (χ4n) is 1.91. The van der Waals surface area contributed by atoms with Crippen LogP contribution in [-0.4, -0.2) is 19.2 Å². The Hall–Kier alpha value is -1.38. The van der Waals surface area contributed by atoms with Crippen LogP contribution in [0.1, 0.15) is 13.8 Å². The molecule has 0 radical (unpaired) electrons. The van der Waals surface area contributed by atoms with Gasteiger partial charge in [0.15, 0.2) is 0 Å². The van der Waals surface area contributed by atoms with Crippen molar-refractivity contribution in [2.75, 3.05) is 24.2 Å². The van der Waals surface area contributed by atoms with E-state index in [0.29, 0.717) is 0 Å². The summed E-state index contributed by atoms with van der Waals surface area (Å²) < 4.78 is 5.85. The van der Waals surface area contributed by atoms with Crippen molar-refractivity contribution in [1.82, 2.24) is 0 Å². The average Bonchev–Trinajstić information content (AvgIpc) is 2.05. The van der Waals surface area contributed by atoms with Crippen LogP contribution >= 0.6 is 0 Å². The van der Waals surface area contributed by atoms with Gasteiger partial charge in [-0.05, 0) is 32.0 Å². The summed E-state index contributed by atoms with van der Waals surface area (Å²) in [7, 11) is 2.06. The third kappa shape index (κ3) is 1.50. The van der Waals surface area contributed by atoms with Crippen LogP contribution in [-0.2, 0) is 0 Å². The highest BCUT2D eigenvalue weighted by Crippen LogP contribution is 2.37. The third-order valence-electron chi connectivity index (χ3n) is 2.40. The molecule has 0 bridgehead atoms. The number of benzene rings is 1. The molecule has 0 aromatic heterocycles. The van der Waals surface area contributed by atoms with E-state index in [1.807, 2.05) is 18.2 Å². The lowest BCUT2D eigenvalue weighted by molar-refractivity contribution is 0.107. The molecular formula is C11H16N2O. The first-order valence-electron chi connectivity index (χ1n) is 4.78. The molecule has 1 heterocycles. The van der Waals surface area contributed by atoms with Crippen molar-refractivity contribution in [3.63, 3.8) is 0 Å². The quantitative estimate of drug-likeness (QED) is 0.638. The van der Waals surface area contributed by atoms with Crippen LogP contribution in [0.15, 0.2) is 18.2 Å². The molecule has 0 unspecified atom stereocenters. The molecule has 14 heavy (non-hydrogen) atoms. The lowest BCUT2D eigenvalue weighted by atomic mass is 10.1. The molecular weight excluding hydrogens is 176 g/mol. The van der Waals surface area contributed by atoms with Crippen LogP contribution in [0, 0.1) is 0 Å². The minimum atomic E-state index is -0.127. The molecule has 3 nitrogen and oxygen atoms in total. The Bertz CT molecular complexity index is 360. The normalized spacial score (nSPS) is 18.6. The number of fused-ring (bicyclic) bond motifs is 1. The Morgan fingerprint density at radius 1 is 1.43 bits per heavy atom. The Morgan fingerprint density at radius 2 is 2.14 bits per heavy atom. The highest BCUT2D eigenvalue weighted by atomic mass is 16.5. The molecule has 0 saturated carbocycles. The molecule has 1 aliphatic rings. The average molecular weight is 192 g/mol. The minimum absolute atomic E-state index is 0.127. The lowest BCUT2D eigenvalue weighted by Gasteiger charge is -2.39. The van der Waals surface area contributed by atoms with Crippen LogP contribution in [0.25, 0.3) is 0 Å². The van der Waals surface area contributed by atoms with Crippen molar-refractivity contribution in [2.45, 2.75) is 19.4 Å². The van der Waals surface area contributed by atoms with Gasteiger partial charge >= 0.3 is 0 Å². The molecule has 0 fully saturated rings. The minimum Gasteiger partial charge on any atom is -0.484 e. The van der Waals surface area contributed by atoms with Gasteiger partial charge in [-0.3, -0.25) is 0 Å². The van der Waals surface area contributed by atoms with Gasteiger partial charge in [-0.25, -0.2) is 0 Å². The van der Waals surface area contributed by atoms with Crippen LogP contribution in [0.3, 0.4) is 0 Å². The van der Waals surface area contributed by atoms with Gasteiger partial charge in [0.05, 0.1) is 12.2 Å². The summed E-state index contributed by atoms with van der Waals surface area (Å²) in [6, 6.07) is 5.75. The molecule has 1 aromatic rings. The van der Waals surface area contributed by atoms with Gasteiger partial charge in [-0.2, -0.15) is 0 Å². The summed E-state index contributed by atoms with van der Waals surface area (Å²) in [5, 5.41) is 0. The predicted octanol–water partition coefficient (Wildman–Crippen LogP) is 1.88. The number of nitrogen functional groups attached to an aromatic ring is 1. The molecule has 2 N–H and O–H groups in total. The van der Waals surface area contributed by atoms with E-state index in [9.17, 15) is 0 Å². The molecule has 0 spiro atoms. The van der Waals surface area contributed by atoms with E-state index in [4.69, 9.17) is 10.5 Å². The van der Waals surface area contributed by atoms with Crippen molar-refractivity contribution in [2.24, 2.45) is 0 Å². The number of hydrogen-bond donors (Lipinski definition) is 1. The van der Waals surface area contributed by atoms with Crippen LogP contribution in [0.4, 0.5) is 11.4 Å². The number of ether oxygens (including phenoxy) is 1. The smallest absolute Gasteiger partial charge is 0.143 e. The van der Waals surface area contributed by atoms with Gasteiger partial charge in [-0.15, -0.1) is 0 Å². The number of rotatable bonds is 0. The summed E-state index contributed by atoms with van der Waals surface area (Å²) in [6.07, 6.45) is 0. The summed E-state index contributed by atoms with van der Waals surface area (Å²) in [6.45, 7) is 5.05. The molecule has 2 rings (SSSR count). The number of likely N-dealkylation sites (N-methyl/N-ethyl adjacent to an activating group) is 1. The SMILES string of the molecule is CN1CC(C)(C)Oc2ccc(N)cc21. The van der Waals surface area contributed by atoms with E-state index in [0.717, 1.165) is 23.7 Å². The second kappa shape index (κ2) is 2.80. The van der Waals surface area contributed by atoms with Gasteiger partial charge in [0.2, 0.25) is 0 Å². The van der Waals surface area contributed by atoms with Crippen molar-refractivity contribution < 1.29 is 4.74 Å². The zero-order valence-corrected chi connectivity index (χ0v) is 8.87. The summed E-state index contributed by atoms with van der Waals surface area (Å²) in [5.41, 5.74) is 7.45. The van der Waals surface area contributed by atoms with Gasteiger partial charge in [0.25, 0.3) is 0 Å². The Morgan fingerprint density at radius 3 is 2.86 bits per heavy atom. The van der Waals surface area contributed by atoms with Crippen LogP contribution in [0.2, 0.25) is 0 Å². The molecule has 0 aliphatic carbocycles. The van der Waals surface area contributed by atoms with Gasteiger partial charge in [0.1, 0.15) is 11.4 Å². The van der Waals surface area contributed by atoms with Crippen LogP contribution in [0.5, 0.6) is 5.75 Å². The standard InChI is InChI=1S/C11H16N2O/c1-11(2)7-13(3)9-6-8(12)4-5-10(9)14-11/h4-6H,7,12H2,1-3H3. The number of anilines is 2. The Kier molecular flexibility index (Phi) is 1.84. The second-order valence-corrected chi connectivity index (χ2v) is 4.44. The van der Waals surface area contributed by atoms with E-state index in [2.05, 4.69) is 25.8 Å². The first-order chi connectivity index (χ1) is 6.48. The Labute approximate surface area is 84.5 Å². The second-order valence-electron chi connectivity index (χ2n) is 4.44. The zero-order valence-electron chi connectivity index (χ0n) is 8.87. The highest BCUT2D eigenvalue weighted by Gasteiger charge is 2.29. The first kappa shape index (κ1) is 9.19. The van der Waals surface area contributed by atoms with Crippen molar-refractivity contribution in [3.05, 3.63) is 18.2 Å². The molecule has 76 valence electrons. The van der Waals surface area contributed by atoms with Crippen molar-refractivity contribution >= 4 is 11.4 Å². The fraction of sp³-hybridized carbons (Fsp3) is 0.455. The molecule has 0 saturated heterocycles. The fourth-order valence-corrected chi connectivity index (χ4v) is 1.91. The van der Waals surface area contributed by atoms with Crippen molar-refractivity contribution in [3.8, 4) is 5.75 Å². The van der Waals surface area contributed by atoms with Gasteiger partial charge in [-0.1, -0.05) is 0 Å². The van der Waals surface area contributed by atoms with Crippen molar-refractivity contribution in [1.29, 1.82) is 0 Å². The molecule has 0 atom stereocenters. The number of nitrogens with two attached hydrogens (primary N) is 1.